The molecule has 10 nitrogen and oxygen atoms in total. The molecule has 0 radical (unpaired) electrons. The lowest BCUT2D eigenvalue weighted by Crippen LogP contribution is -2.06. The van der Waals surface area contributed by atoms with Crippen LogP contribution in [0.3, 0.4) is 0 Å². The first-order valence-corrected chi connectivity index (χ1v) is 11.9. The van der Waals surface area contributed by atoms with E-state index in [4.69, 9.17) is 24.1 Å². The van der Waals surface area contributed by atoms with Gasteiger partial charge in [-0.15, -0.1) is 0 Å². The molecule has 4 aromatic rings. The van der Waals surface area contributed by atoms with E-state index in [1.54, 1.807) is 13.0 Å². The zero-order valence-corrected chi connectivity index (χ0v) is 21.1. The van der Waals surface area contributed by atoms with Gasteiger partial charge in [0.2, 0.25) is 5.69 Å². The third-order valence-electron chi connectivity index (χ3n) is 5.73. The number of hydrogen-bond acceptors (Lipinski definition) is 8. The van der Waals surface area contributed by atoms with Crippen molar-refractivity contribution in [3.05, 3.63) is 87.1 Å². The number of esters is 1. The van der Waals surface area contributed by atoms with Gasteiger partial charge in [-0.3, -0.25) is 0 Å². The van der Waals surface area contributed by atoms with Crippen LogP contribution >= 0.6 is 0 Å². The normalized spacial score (nSPS) is 10.8. The average molecular weight is 502 g/mol. The summed E-state index contributed by atoms with van der Waals surface area (Å²) in [6.07, 6.45) is 0. The van der Waals surface area contributed by atoms with E-state index in [9.17, 15) is 4.79 Å². The number of aryl methyl sites for hydroxylation is 1. The summed E-state index contributed by atoms with van der Waals surface area (Å²) >= 11 is 0. The van der Waals surface area contributed by atoms with Gasteiger partial charge in [-0.25, -0.2) is 4.79 Å². The Bertz CT molecular complexity index is 1430. The molecule has 0 atom stereocenters. The van der Waals surface area contributed by atoms with Gasteiger partial charge in [0.25, 0.3) is 0 Å². The molecule has 0 N–H and O–H groups in total. The van der Waals surface area contributed by atoms with Gasteiger partial charge in [0.05, 0.1) is 24.4 Å². The number of rotatable bonds is 10. The van der Waals surface area contributed by atoms with Crippen LogP contribution in [0, 0.1) is 6.92 Å². The van der Waals surface area contributed by atoms with Crippen LogP contribution in [-0.2, 0) is 17.9 Å². The molecule has 2 heterocycles. The fourth-order valence-electron chi connectivity index (χ4n) is 4.00. The van der Waals surface area contributed by atoms with Gasteiger partial charge in [-0.05, 0) is 54.1 Å². The largest absolute Gasteiger partial charge is 0.488 e. The van der Waals surface area contributed by atoms with Gasteiger partial charge in [-0.1, -0.05) is 59.6 Å². The molecule has 0 aliphatic carbocycles. The Kier molecular flexibility index (Phi) is 7.90. The highest BCUT2D eigenvalue weighted by atomic mass is 16.5. The minimum atomic E-state index is -0.663. The molecule has 0 saturated carbocycles. The maximum atomic E-state index is 12.8. The van der Waals surface area contributed by atoms with E-state index in [0.717, 1.165) is 16.7 Å². The summed E-state index contributed by atoms with van der Waals surface area (Å²) in [5.74, 6) is 0.622. The summed E-state index contributed by atoms with van der Waals surface area (Å²) in [5.41, 5.74) is 13.0. The van der Waals surface area contributed by atoms with E-state index >= 15 is 0 Å². The Hall–Kier alpha value is -4.56. The Morgan fingerprint density at radius 1 is 1.14 bits per heavy atom. The summed E-state index contributed by atoms with van der Waals surface area (Å²) in [7, 11) is 0. The second-order valence-electron chi connectivity index (χ2n) is 8.66. The Labute approximate surface area is 213 Å². The summed E-state index contributed by atoms with van der Waals surface area (Å²) in [5, 5.41) is 11.5. The topological polar surface area (TPSA) is 136 Å². The van der Waals surface area contributed by atoms with Crippen LogP contribution in [-0.4, -0.2) is 22.9 Å². The van der Waals surface area contributed by atoms with Crippen molar-refractivity contribution < 1.29 is 23.3 Å². The van der Waals surface area contributed by atoms with Crippen LogP contribution in [0.4, 0.5) is 0 Å². The first-order chi connectivity index (χ1) is 17.9. The quantitative estimate of drug-likeness (QED) is 0.0987. The summed E-state index contributed by atoms with van der Waals surface area (Å²) in [6, 6.07) is 15.3. The third kappa shape index (κ3) is 5.65. The molecule has 0 spiro atoms. The molecule has 37 heavy (non-hydrogen) atoms. The molecule has 4 rings (SSSR count). The molecular weight excluding hydrogens is 474 g/mol. The second-order valence-corrected chi connectivity index (χ2v) is 8.66. The average Bonchev–Trinajstić information content (AvgIpc) is 3.54. The highest BCUT2D eigenvalue weighted by molar-refractivity contribution is 5.99. The van der Waals surface area contributed by atoms with E-state index in [-0.39, 0.29) is 41.8 Å². The number of benzene rings is 2. The van der Waals surface area contributed by atoms with E-state index < -0.39 is 5.97 Å². The lowest BCUT2D eigenvalue weighted by atomic mass is 9.93. The molecule has 0 amide bonds. The van der Waals surface area contributed by atoms with E-state index in [1.165, 1.54) is 0 Å². The molecular formula is C27H27N5O5. The Morgan fingerprint density at radius 2 is 1.92 bits per heavy atom. The molecule has 10 heteroatoms. The van der Waals surface area contributed by atoms with Crippen LogP contribution in [0.15, 0.2) is 62.7 Å². The van der Waals surface area contributed by atoms with Crippen LogP contribution < -0.4 is 4.74 Å². The van der Waals surface area contributed by atoms with E-state index in [2.05, 4.69) is 34.2 Å². The first kappa shape index (κ1) is 25.5. The van der Waals surface area contributed by atoms with Gasteiger partial charge in [0.15, 0.2) is 11.5 Å². The molecule has 0 bridgehead atoms. The minimum Gasteiger partial charge on any atom is -0.488 e. The summed E-state index contributed by atoms with van der Waals surface area (Å²) in [4.78, 5) is 15.5. The maximum Gasteiger partial charge on any atom is 0.361 e. The maximum absolute atomic E-state index is 12.8. The minimum absolute atomic E-state index is 0.0111. The highest BCUT2D eigenvalue weighted by Crippen LogP contribution is 2.42. The molecule has 0 saturated heterocycles. The van der Waals surface area contributed by atoms with Crippen molar-refractivity contribution in [2.45, 2.75) is 46.8 Å². The lowest BCUT2D eigenvalue weighted by Gasteiger charge is -2.17. The molecule has 2 aromatic heterocycles. The third-order valence-corrected chi connectivity index (χ3v) is 5.73. The lowest BCUT2D eigenvalue weighted by molar-refractivity contribution is 0.0515. The number of ether oxygens (including phenoxy) is 2. The second kappa shape index (κ2) is 11.5. The van der Waals surface area contributed by atoms with Crippen molar-refractivity contribution in [2.24, 2.45) is 5.11 Å². The highest BCUT2D eigenvalue weighted by Gasteiger charge is 2.30. The predicted molar refractivity (Wildman–Crippen MR) is 136 cm³/mol. The SMILES string of the molecule is CCOC(=O)c1noc(-c2cc(C(C)C)c(C)cc2OCc2ccccc2)c1-c1cc(CN=[N+]=[N-])no1. The predicted octanol–water partition coefficient (Wildman–Crippen LogP) is 6.99. The molecule has 0 aliphatic heterocycles. The standard InChI is InChI=1S/C27H27N5O5/c1-5-34-27(33)25-24(23-12-19(30-36-23)14-29-32-28)26(37-31-25)21-13-20(16(2)3)17(4)11-22(21)35-15-18-9-7-6-8-10-18/h6-13,16H,5,14-15H2,1-4H3. The molecule has 190 valence electrons. The first-order valence-electron chi connectivity index (χ1n) is 11.9. The van der Waals surface area contributed by atoms with Crippen LogP contribution in [0.25, 0.3) is 33.1 Å². The Morgan fingerprint density at radius 3 is 2.62 bits per heavy atom. The molecule has 0 aliphatic rings. The van der Waals surface area contributed by atoms with Crippen molar-refractivity contribution in [3.63, 3.8) is 0 Å². The smallest absolute Gasteiger partial charge is 0.361 e. The van der Waals surface area contributed by atoms with Crippen molar-refractivity contribution in [1.82, 2.24) is 10.3 Å². The molecule has 0 unspecified atom stereocenters. The fourth-order valence-corrected chi connectivity index (χ4v) is 4.00. The van der Waals surface area contributed by atoms with Gasteiger partial charge < -0.3 is 18.5 Å². The van der Waals surface area contributed by atoms with Gasteiger partial charge in [0, 0.05) is 11.0 Å². The molecule has 0 fully saturated rings. The van der Waals surface area contributed by atoms with Crippen LogP contribution in [0.5, 0.6) is 5.75 Å². The number of azide groups is 1. The number of nitrogens with zero attached hydrogens (tertiary/aromatic N) is 5. The summed E-state index contributed by atoms with van der Waals surface area (Å²) < 4.78 is 22.7. The van der Waals surface area contributed by atoms with Crippen molar-refractivity contribution in [3.8, 4) is 28.4 Å². The number of carbonyl (C=O) groups is 1. The zero-order valence-electron chi connectivity index (χ0n) is 21.1. The zero-order chi connectivity index (χ0) is 26.4. The van der Waals surface area contributed by atoms with Crippen LogP contribution in [0.1, 0.15) is 59.6 Å². The number of aromatic nitrogens is 2. The van der Waals surface area contributed by atoms with E-state index in [0.29, 0.717) is 23.6 Å². The van der Waals surface area contributed by atoms with Crippen LogP contribution in [0.2, 0.25) is 0 Å². The van der Waals surface area contributed by atoms with Crippen molar-refractivity contribution in [2.75, 3.05) is 6.61 Å². The Balaban J connectivity index is 1.87. The molecule has 2 aromatic carbocycles. The van der Waals surface area contributed by atoms with Gasteiger partial charge >= 0.3 is 5.97 Å². The van der Waals surface area contributed by atoms with Crippen molar-refractivity contribution in [1.29, 1.82) is 0 Å². The van der Waals surface area contributed by atoms with Gasteiger partial charge in [-0.2, -0.15) is 0 Å². The van der Waals surface area contributed by atoms with Gasteiger partial charge in [0.1, 0.15) is 17.9 Å². The number of carbonyl (C=O) groups excluding carboxylic acids is 1. The van der Waals surface area contributed by atoms with Crippen molar-refractivity contribution >= 4 is 5.97 Å². The monoisotopic (exact) mass is 501 g/mol. The van der Waals surface area contributed by atoms with E-state index in [1.807, 2.05) is 49.4 Å². The number of hydrogen-bond donors (Lipinski definition) is 0. The summed E-state index contributed by atoms with van der Waals surface area (Å²) in [6.45, 7) is 8.41. The fraction of sp³-hybridized carbons (Fsp3) is 0.296.